The number of hydrogen-bond acceptors (Lipinski definition) is 9. The highest BCUT2D eigenvalue weighted by molar-refractivity contribution is 6.08. The number of carbonyl (C=O) groups is 3. The number of amides is 4. The van der Waals surface area contributed by atoms with E-state index in [1.54, 1.807) is 61.8 Å². The lowest BCUT2D eigenvalue weighted by Gasteiger charge is -2.21. The molecule has 5 rings (SSSR count). The van der Waals surface area contributed by atoms with Gasteiger partial charge in [0.2, 0.25) is 11.8 Å². The summed E-state index contributed by atoms with van der Waals surface area (Å²) in [5.41, 5.74) is 15.1. The van der Waals surface area contributed by atoms with Crippen LogP contribution in [0.5, 0.6) is 11.5 Å². The van der Waals surface area contributed by atoms with Crippen molar-refractivity contribution in [2.75, 3.05) is 56.1 Å². The Hall–Kier alpha value is -6.46. The van der Waals surface area contributed by atoms with Gasteiger partial charge in [-0.15, -0.1) is 6.42 Å². The summed E-state index contributed by atoms with van der Waals surface area (Å²) in [5.74, 6) is 2.80. The van der Waals surface area contributed by atoms with Gasteiger partial charge in [0.1, 0.15) is 17.3 Å². The summed E-state index contributed by atoms with van der Waals surface area (Å²) in [4.78, 5) is 42.3. The molecule has 0 atom stereocenters. The molecule has 290 valence electrons. The van der Waals surface area contributed by atoms with Crippen LogP contribution >= 0.6 is 0 Å². The fourth-order valence-corrected chi connectivity index (χ4v) is 5.83. The van der Waals surface area contributed by atoms with Crippen LogP contribution < -0.4 is 32.2 Å². The van der Waals surface area contributed by atoms with Gasteiger partial charge in [-0.05, 0) is 71.5 Å². The molecule has 0 aliphatic heterocycles. The first kappa shape index (κ1) is 40.7. The number of terminal acetylenes is 1. The number of carbonyl (C=O) groups excluding carboxylic acids is 3. The van der Waals surface area contributed by atoms with Gasteiger partial charge >= 0.3 is 6.03 Å². The maximum absolute atomic E-state index is 13.2. The van der Waals surface area contributed by atoms with Gasteiger partial charge in [-0.2, -0.15) is 0 Å². The number of fused-ring (bicyclic) bond motifs is 1. The molecule has 4 amide bonds. The number of nitrogens with zero attached hydrogens (tertiary/aromatic N) is 1. The molecule has 13 heteroatoms. The molecule has 0 saturated carbocycles. The Morgan fingerprint density at radius 2 is 1.54 bits per heavy atom. The van der Waals surface area contributed by atoms with Crippen LogP contribution in [0.1, 0.15) is 58.2 Å². The van der Waals surface area contributed by atoms with Crippen molar-refractivity contribution in [3.05, 3.63) is 113 Å². The SMILES string of the molecule is C#Cc1cc(Nc2cc(Oc3ccc(NC(=O)Nc4cc(C(N)=O)cc(C(C)(C)C)c4)c4ccccc34)ccn2)c(CCOCCOCCOC)c(C(N)=O)c1. The van der Waals surface area contributed by atoms with Gasteiger partial charge in [0.15, 0.2) is 0 Å². The van der Waals surface area contributed by atoms with Gasteiger partial charge < -0.3 is 46.4 Å². The molecular formula is C43H46N6O7. The molecule has 56 heavy (non-hydrogen) atoms. The molecule has 4 aromatic carbocycles. The lowest BCUT2D eigenvalue weighted by atomic mass is 9.85. The van der Waals surface area contributed by atoms with E-state index in [9.17, 15) is 14.4 Å². The molecule has 0 fully saturated rings. The average molecular weight is 759 g/mol. The average Bonchev–Trinajstić information content (AvgIpc) is 3.16. The number of urea groups is 1. The van der Waals surface area contributed by atoms with Crippen molar-refractivity contribution in [2.24, 2.45) is 11.5 Å². The normalized spacial score (nSPS) is 11.1. The second-order valence-corrected chi connectivity index (χ2v) is 13.8. The number of benzene rings is 4. The van der Waals surface area contributed by atoms with Crippen LogP contribution in [0.4, 0.5) is 27.7 Å². The Morgan fingerprint density at radius 1 is 0.804 bits per heavy atom. The van der Waals surface area contributed by atoms with Crippen LogP contribution in [0.25, 0.3) is 10.8 Å². The van der Waals surface area contributed by atoms with Gasteiger partial charge in [-0.3, -0.25) is 9.59 Å². The second-order valence-electron chi connectivity index (χ2n) is 13.8. The number of hydrogen-bond donors (Lipinski definition) is 5. The second kappa shape index (κ2) is 18.7. The van der Waals surface area contributed by atoms with E-state index in [0.29, 0.717) is 90.5 Å². The summed E-state index contributed by atoms with van der Waals surface area (Å²) in [6.45, 7) is 8.06. The molecule has 1 heterocycles. The minimum Gasteiger partial charge on any atom is -0.457 e. The predicted molar refractivity (Wildman–Crippen MR) is 218 cm³/mol. The summed E-state index contributed by atoms with van der Waals surface area (Å²) in [6.07, 6.45) is 7.68. The maximum atomic E-state index is 13.2. The van der Waals surface area contributed by atoms with Crippen molar-refractivity contribution < 1.29 is 33.3 Å². The highest BCUT2D eigenvalue weighted by atomic mass is 16.5. The van der Waals surface area contributed by atoms with E-state index in [2.05, 4.69) is 26.9 Å². The molecular weight excluding hydrogens is 713 g/mol. The Bertz CT molecular complexity index is 2260. The molecule has 0 spiro atoms. The smallest absolute Gasteiger partial charge is 0.323 e. The maximum Gasteiger partial charge on any atom is 0.323 e. The molecule has 1 aromatic heterocycles. The zero-order chi connectivity index (χ0) is 40.2. The molecule has 0 aliphatic carbocycles. The molecule has 0 aliphatic rings. The van der Waals surface area contributed by atoms with E-state index in [4.69, 9.17) is 36.8 Å². The third-order valence-electron chi connectivity index (χ3n) is 8.68. The Labute approximate surface area is 326 Å². The van der Waals surface area contributed by atoms with Gasteiger partial charge in [0, 0.05) is 58.2 Å². The third-order valence-corrected chi connectivity index (χ3v) is 8.68. The predicted octanol–water partition coefficient (Wildman–Crippen LogP) is 7.11. The molecule has 0 saturated heterocycles. The minimum atomic E-state index is -0.623. The van der Waals surface area contributed by atoms with Crippen molar-refractivity contribution in [1.29, 1.82) is 0 Å². The largest absolute Gasteiger partial charge is 0.457 e. The summed E-state index contributed by atoms with van der Waals surface area (Å²) < 4.78 is 22.6. The highest BCUT2D eigenvalue weighted by Crippen LogP contribution is 2.36. The molecule has 5 aromatic rings. The summed E-state index contributed by atoms with van der Waals surface area (Å²) >= 11 is 0. The fourth-order valence-electron chi connectivity index (χ4n) is 5.83. The van der Waals surface area contributed by atoms with Crippen molar-refractivity contribution >= 4 is 51.5 Å². The number of aromatic nitrogens is 1. The topological polar surface area (TPSA) is 189 Å². The molecule has 0 unspecified atom stereocenters. The lowest BCUT2D eigenvalue weighted by Crippen LogP contribution is -2.21. The summed E-state index contributed by atoms with van der Waals surface area (Å²) in [7, 11) is 1.61. The van der Waals surface area contributed by atoms with Crippen LogP contribution in [0, 0.1) is 12.3 Å². The van der Waals surface area contributed by atoms with Crippen LogP contribution in [0.2, 0.25) is 0 Å². The van der Waals surface area contributed by atoms with Gasteiger partial charge in [0.05, 0.1) is 38.7 Å². The van der Waals surface area contributed by atoms with E-state index in [0.717, 1.165) is 16.3 Å². The number of ether oxygens (including phenoxy) is 4. The van der Waals surface area contributed by atoms with Crippen molar-refractivity contribution in [2.45, 2.75) is 32.6 Å². The van der Waals surface area contributed by atoms with Crippen molar-refractivity contribution in [3.8, 4) is 23.8 Å². The number of primary amides is 2. The van der Waals surface area contributed by atoms with E-state index in [-0.39, 0.29) is 11.0 Å². The fraction of sp³-hybridized carbons (Fsp3) is 0.256. The molecule has 13 nitrogen and oxygen atoms in total. The van der Waals surface area contributed by atoms with Crippen LogP contribution in [0.3, 0.4) is 0 Å². The number of nitrogens with one attached hydrogen (secondary N) is 3. The standard InChI is InChI=1S/C43H46N6O7/c1-6-27-21-35(41(45)51)33(14-16-54-19-20-55-18-17-53-5)37(22-27)48-39-26-31(13-15-46-39)56-38-12-11-36(32-9-7-8-10-34(32)38)49-42(52)47-30-24-28(40(44)50)23-29(25-30)43(2,3)4/h1,7-13,15,21-26H,14,16-20H2,2-5H3,(H2,44,50)(H2,45,51)(H,46,48)(H2,47,49,52). The van der Waals surface area contributed by atoms with Gasteiger partial charge in [-0.25, -0.2) is 9.78 Å². The number of anilines is 4. The van der Waals surface area contributed by atoms with Gasteiger partial charge in [0.25, 0.3) is 0 Å². The Balaban J connectivity index is 1.33. The summed E-state index contributed by atoms with van der Waals surface area (Å²) in [5, 5.41) is 10.5. The zero-order valence-corrected chi connectivity index (χ0v) is 31.9. The van der Waals surface area contributed by atoms with Crippen LogP contribution in [-0.4, -0.2) is 63.0 Å². The zero-order valence-electron chi connectivity index (χ0n) is 31.9. The minimum absolute atomic E-state index is 0.276. The van der Waals surface area contributed by atoms with E-state index in [1.165, 1.54) is 0 Å². The monoisotopic (exact) mass is 758 g/mol. The highest BCUT2D eigenvalue weighted by Gasteiger charge is 2.19. The number of pyridine rings is 1. The summed E-state index contributed by atoms with van der Waals surface area (Å²) in [6, 6.07) is 22.3. The number of nitrogens with two attached hydrogens (primary N) is 2. The molecule has 7 N–H and O–H groups in total. The third kappa shape index (κ3) is 10.8. The first-order chi connectivity index (χ1) is 26.9. The van der Waals surface area contributed by atoms with E-state index >= 15 is 0 Å². The van der Waals surface area contributed by atoms with Crippen molar-refractivity contribution in [3.63, 3.8) is 0 Å². The Kier molecular flexibility index (Phi) is 13.6. The number of rotatable bonds is 17. The first-order valence-corrected chi connectivity index (χ1v) is 17.9. The number of methoxy groups -OCH3 is 1. The van der Waals surface area contributed by atoms with Crippen molar-refractivity contribution in [1.82, 2.24) is 4.98 Å². The van der Waals surface area contributed by atoms with Crippen LogP contribution in [0.15, 0.2) is 85.1 Å². The van der Waals surface area contributed by atoms with E-state index in [1.807, 2.05) is 51.1 Å². The van der Waals surface area contributed by atoms with E-state index < -0.39 is 17.8 Å². The Morgan fingerprint density at radius 3 is 2.23 bits per heavy atom. The van der Waals surface area contributed by atoms with Gasteiger partial charge in [-0.1, -0.05) is 51.0 Å². The lowest BCUT2D eigenvalue weighted by molar-refractivity contribution is 0.0255. The molecule has 0 bridgehead atoms. The quantitative estimate of drug-likeness (QED) is 0.0486. The first-order valence-electron chi connectivity index (χ1n) is 17.9. The van der Waals surface area contributed by atoms with Crippen LogP contribution in [-0.2, 0) is 26.0 Å². The molecule has 0 radical (unpaired) electrons.